The summed E-state index contributed by atoms with van der Waals surface area (Å²) in [7, 11) is 1.58. The molecule has 0 radical (unpaired) electrons. The van der Waals surface area contributed by atoms with Crippen LogP contribution in [0.3, 0.4) is 0 Å². The van der Waals surface area contributed by atoms with Crippen LogP contribution in [-0.2, 0) is 11.3 Å². The van der Waals surface area contributed by atoms with Gasteiger partial charge in [-0.15, -0.1) is 0 Å². The number of likely N-dealkylation sites (N-methyl/N-ethyl adjacent to an activating group) is 1. The second-order valence-corrected chi connectivity index (χ2v) is 6.99. The molecule has 3 aromatic rings. The highest BCUT2D eigenvalue weighted by Crippen LogP contribution is 2.28. The van der Waals surface area contributed by atoms with E-state index in [1.165, 1.54) is 4.90 Å². The van der Waals surface area contributed by atoms with Gasteiger partial charge in [0.2, 0.25) is 5.91 Å². The van der Waals surface area contributed by atoms with Gasteiger partial charge in [0.1, 0.15) is 5.82 Å². The van der Waals surface area contributed by atoms with Gasteiger partial charge in [-0.25, -0.2) is 4.98 Å². The lowest BCUT2D eigenvalue weighted by molar-refractivity contribution is -0.129. The number of ether oxygens (including phenoxy) is 2. The van der Waals surface area contributed by atoms with Crippen molar-refractivity contribution in [3.05, 3.63) is 64.2 Å². The van der Waals surface area contributed by atoms with E-state index in [1.54, 1.807) is 49.5 Å². The number of hydrogen-bond acceptors (Lipinski definition) is 6. The Kier molecular flexibility index (Phi) is 7.43. The predicted octanol–water partition coefficient (Wildman–Crippen LogP) is 2.11. The Bertz CT molecular complexity index is 1170. The molecule has 0 saturated heterocycles. The Morgan fingerprint density at radius 1 is 1.06 bits per heavy atom. The molecule has 1 heterocycles. The molecule has 0 aliphatic rings. The van der Waals surface area contributed by atoms with E-state index >= 15 is 0 Å². The summed E-state index contributed by atoms with van der Waals surface area (Å²) in [4.78, 5) is 45.6. The highest BCUT2D eigenvalue weighted by molar-refractivity contribution is 5.97. The van der Waals surface area contributed by atoms with Crippen molar-refractivity contribution < 1.29 is 19.1 Å². The average Bonchev–Trinajstić information content (AvgIpc) is 2.78. The van der Waals surface area contributed by atoms with E-state index in [4.69, 9.17) is 9.47 Å². The lowest BCUT2D eigenvalue weighted by Gasteiger charge is -2.17. The van der Waals surface area contributed by atoms with Crippen molar-refractivity contribution in [3.63, 3.8) is 0 Å². The van der Waals surface area contributed by atoms with E-state index < -0.39 is 5.91 Å². The molecule has 32 heavy (non-hydrogen) atoms. The largest absolute Gasteiger partial charge is 0.490 e. The highest BCUT2D eigenvalue weighted by Gasteiger charge is 2.15. The van der Waals surface area contributed by atoms with Gasteiger partial charge < -0.3 is 24.7 Å². The molecule has 0 spiro atoms. The smallest absolute Gasteiger partial charge is 0.258 e. The van der Waals surface area contributed by atoms with Crippen LogP contribution in [0.15, 0.2) is 47.3 Å². The standard InChI is InChI=1S/C23H26N4O5/c1-4-31-18-11-10-15(12-19(18)32-5-2)22(29)24-13-21(28)27(3)14-20-25-17-9-7-6-8-16(17)23(30)26-20/h6-12H,4-5,13-14H2,1-3H3,(H,24,29)(H,25,26,30). The number of aromatic nitrogens is 2. The van der Waals surface area contributed by atoms with Gasteiger partial charge in [0, 0.05) is 12.6 Å². The maximum atomic E-state index is 12.5. The first-order chi connectivity index (χ1) is 15.4. The Morgan fingerprint density at radius 2 is 1.78 bits per heavy atom. The number of hydrogen-bond donors (Lipinski definition) is 2. The molecule has 0 saturated carbocycles. The van der Waals surface area contributed by atoms with E-state index in [1.807, 2.05) is 13.8 Å². The third-order valence-electron chi connectivity index (χ3n) is 4.68. The summed E-state index contributed by atoms with van der Waals surface area (Å²) in [5, 5.41) is 3.09. The molecule has 2 N–H and O–H groups in total. The summed E-state index contributed by atoms with van der Waals surface area (Å²) >= 11 is 0. The van der Waals surface area contributed by atoms with E-state index in [-0.39, 0.29) is 24.6 Å². The number of benzene rings is 2. The van der Waals surface area contributed by atoms with Crippen molar-refractivity contribution in [2.75, 3.05) is 26.8 Å². The zero-order chi connectivity index (χ0) is 23.1. The minimum atomic E-state index is -0.409. The van der Waals surface area contributed by atoms with Gasteiger partial charge in [-0.05, 0) is 44.2 Å². The molecular weight excluding hydrogens is 412 g/mol. The molecule has 0 fully saturated rings. The number of amides is 2. The maximum absolute atomic E-state index is 12.5. The number of fused-ring (bicyclic) bond motifs is 1. The first-order valence-electron chi connectivity index (χ1n) is 10.3. The maximum Gasteiger partial charge on any atom is 0.258 e. The minimum absolute atomic E-state index is 0.103. The number of aromatic amines is 1. The van der Waals surface area contributed by atoms with Crippen LogP contribution >= 0.6 is 0 Å². The molecule has 2 aromatic carbocycles. The molecule has 0 aliphatic heterocycles. The number of carbonyl (C=O) groups excluding carboxylic acids is 2. The minimum Gasteiger partial charge on any atom is -0.490 e. The Balaban J connectivity index is 1.62. The van der Waals surface area contributed by atoms with Crippen LogP contribution < -0.4 is 20.3 Å². The van der Waals surface area contributed by atoms with Gasteiger partial charge in [-0.3, -0.25) is 14.4 Å². The number of carbonyl (C=O) groups is 2. The molecule has 0 unspecified atom stereocenters. The molecule has 1 aromatic heterocycles. The van der Waals surface area contributed by atoms with Crippen molar-refractivity contribution in [2.45, 2.75) is 20.4 Å². The second kappa shape index (κ2) is 10.4. The number of para-hydroxylation sites is 1. The summed E-state index contributed by atoms with van der Waals surface area (Å²) in [6, 6.07) is 11.8. The zero-order valence-electron chi connectivity index (χ0n) is 18.3. The summed E-state index contributed by atoms with van der Waals surface area (Å²) in [6.07, 6.45) is 0. The van der Waals surface area contributed by atoms with Crippen molar-refractivity contribution in [1.82, 2.24) is 20.2 Å². The van der Waals surface area contributed by atoms with Crippen molar-refractivity contribution in [2.24, 2.45) is 0 Å². The van der Waals surface area contributed by atoms with Gasteiger partial charge in [0.25, 0.3) is 11.5 Å². The van der Waals surface area contributed by atoms with E-state index in [9.17, 15) is 14.4 Å². The normalized spacial score (nSPS) is 10.6. The number of rotatable bonds is 9. The molecule has 0 atom stereocenters. The molecule has 0 bridgehead atoms. The fraction of sp³-hybridized carbons (Fsp3) is 0.304. The summed E-state index contributed by atoms with van der Waals surface area (Å²) in [6.45, 7) is 4.51. The van der Waals surface area contributed by atoms with Crippen LogP contribution in [0, 0.1) is 0 Å². The molecule has 3 rings (SSSR count). The molecule has 9 heteroatoms. The number of nitrogens with zero attached hydrogens (tertiary/aromatic N) is 2. The van der Waals surface area contributed by atoms with E-state index in [0.717, 1.165) is 0 Å². The first kappa shape index (κ1) is 22.8. The van der Waals surface area contributed by atoms with Crippen LogP contribution in [0.4, 0.5) is 0 Å². The molecule has 168 valence electrons. The number of nitrogens with one attached hydrogen (secondary N) is 2. The first-order valence-corrected chi connectivity index (χ1v) is 10.3. The monoisotopic (exact) mass is 438 g/mol. The fourth-order valence-corrected chi connectivity index (χ4v) is 3.11. The molecule has 9 nitrogen and oxygen atoms in total. The summed E-state index contributed by atoms with van der Waals surface area (Å²) in [5.74, 6) is 0.650. The van der Waals surface area contributed by atoms with Crippen molar-refractivity contribution in [1.29, 1.82) is 0 Å². The lowest BCUT2D eigenvalue weighted by Crippen LogP contribution is -2.38. The van der Waals surface area contributed by atoms with Gasteiger partial charge in [0.15, 0.2) is 11.5 Å². The van der Waals surface area contributed by atoms with Crippen molar-refractivity contribution in [3.8, 4) is 11.5 Å². The Labute approximate surface area is 185 Å². The van der Waals surface area contributed by atoms with Crippen LogP contribution in [0.25, 0.3) is 10.9 Å². The topological polar surface area (TPSA) is 114 Å². The average molecular weight is 438 g/mol. The highest BCUT2D eigenvalue weighted by atomic mass is 16.5. The van der Waals surface area contributed by atoms with Gasteiger partial charge in [0.05, 0.1) is 37.2 Å². The quantitative estimate of drug-likeness (QED) is 0.529. The van der Waals surface area contributed by atoms with E-state index in [2.05, 4.69) is 15.3 Å². The third-order valence-corrected chi connectivity index (χ3v) is 4.68. The third kappa shape index (κ3) is 5.42. The number of H-pyrrole nitrogens is 1. The SMILES string of the molecule is CCOc1ccc(C(=O)NCC(=O)N(C)Cc2nc3ccccc3c(=O)[nH]2)cc1OCC. The molecular formula is C23H26N4O5. The Morgan fingerprint density at radius 3 is 2.53 bits per heavy atom. The predicted molar refractivity (Wildman–Crippen MR) is 120 cm³/mol. The van der Waals surface area contributed by atoms with E-state index in [0.29, 0.717) is 47.0 Å². The fourth-order valence-electron chi connectivity index (χ4n) is 3.11. The van der Waals surface area contributed by atoms with Gasteiger partial charge in [-0.1, -0.05) is 12.1 Å². The molecule has 0 aliphatic carbocycles. The summed E-state index contributed by atoms with van der Waals surface area (Å²) in [5.41, 5.74) is 0.647. The van der Waals surface area contributed by atoms with Crippen LogP contribution in [0.2, 0.25) is 0 Å². The summed E-state index contributed by atoms with van der Waals surface area (Å²) < 4.78 is 11.0. The van der Waals surface area contributed by atoms with Crippen LogP contribution in [0.5, 0.6) is 11.5 Å². The van der Waals surface area contributed by atoms with Gasteiger partial charge in [-0.2, -0.15) is 0 Å². The zero-order valence-corrected chi connectivity index (χ0v) is 18.3. The van der Waals surface area contributed by atoms with Gasteiger partial charge >= 0.3 is 0 Å². The second-order valence-electron chi connectivity index (χ2n) is 6.99. The Hall–Kier alpha value is -3.88. The lowest BCUT2D eigenvalue weighted by atomic mass is 10.2. The van der Waals surface area contributed by atoms with Crippen LogP contribution in [-0.4, -0.2) is 53.5 Å². The van der Waals surface area contributed by atoms with Crippen molar-refractivity contribution >= 4 is 22.7 Å². The molecule has 2 amide bonds. The van der Waals surface area contributed by atoms with Crippen LogP contribution in [0.1, 0.15) is 30.0 Å².